The summed E-state index contributed by atoms with van der Waals surface area (Å²) in [6.07, 6.45) is 0.103. The largest absolute Gasteiger partial charge is 0.508 e. The van der Waals surface area contributed by atoms with E-state index in [1.807, 2.05) is 102 Å². The second-order valence-electron chi connectivity index (χ2n) is 16.7. The predicted octanol–water partition coefficient (Wildman–Crippen LogP) is 6.39. The number of carbonyl (C=O) groups is 4. The minimum Gasteiger partial charge on any atom is -0.508 e. The van der Waals surface area contributed by atoms with Crippen molar-refractivity contribution in [3.63, 3.8) is 0 Å². The Labute approximate surface area is 391 Å². The van der Waals surface area contributed by atoms with Crippen LogP contribution in [-0.2, 0) is 47.0 Å². The van der Waals surface area contributed by atoms with Crippen LogP contribution in [0, 0.1) is 17.8 Å². The number of phenolic OH excluding ortho intramolecular Hbond substituents is 1. The molecule has 0 radical (unpaired) electrons. The summed E-state index contributed by atoms with van der Waals surface area (Å²) in [6, 6.07) is 39.9. The van der Waals surface area contributed by atoms with Crippen LogP contribution in [0.4, 0.5) is 10.5 Å². The second-order valence-corrected chi connectivity index (χ2v) is 16.7. The van der Waals surface area contributed by atoms with Gasteiger partial charge in [-0.2, -0.15) is 0 Å². The van der Waals surface area contributed by atoms with Crippen molar-refractivity contribution >= 4 is 40.6 Å². The van der Waals surface area contributed by atoms with Gasteiger partial charge in [0, 0.05) is 37.5 Å². The summed E-state index contributed by atoms with van der Waals surface area (Å²) >= 11 is 0. The molecule has 7 aromatic rings. The van der Waals surface area contributed by atoms with Gasteiger partial charge >= 0.3 is 12.1 Å². The Hall–Kier alpha value is -8.19. The maximum atomic E-state index is 16.3. The molecule has 5 heterocycles. The number of ether oxygens (including phenoxy) is 3. The molecule has 15 nitrogen and oxygen atoms in total. The average molecular weight is 908 g/mol. The Morgan fingerprint density at radius 1 is 0.824 bits per heavy atom. The van der Waals surface area contributed by atoms with E-state index in [2.05, 4.69) is 32.5 Å². The van der Waals surface area contributed by atoms with Crippen LogP contribution in [0.3, 0.4) is 0 Å². The van der Waals surface area contributed by atoms with Crippen molar-refractivity contribution in [2.45, 2.75) is 42.6 Å². The molecule has 0 unspecified atom stereocenters. The summed E-state index contributed by atoms with van der Waals surface area (Å²) in [4.78, 5) is 69.0. The van der Waals surface area contributed by atoms with Crippen LogP contribution in [0.25, 0.3) is 11.0 Å². The van der Waals surface area contributed by atoms with E-state index in [4.69, 9.17) is 14.2 Å². The van der Waals surface area contributed by atoms with Gasteiger partial charge in [-0.05, 0) is 76.9 Å². The SMILES string of the molecule is COCCOC(=O)N1C(=O)[C@@]2(c3cc(C#CCn4nnc5ccccc54)ccc31)[C@H](C(=O)NCCc1ccccn1)[C@H]1C(=O)O[C@H](c3ccccc3)[C@H](c3ccccc3)N1[C@@H]2c1ccc(O)cc1. The Morgan fingerprint density at radius 3 is 2.31 bits per heavy atom. The van der Waals surface area contributed by atoms with Crippen molar-refractivity contribution in [1.82, 2.24) is 30.2 Å². The van der Waals surface area contributed by atoms with Gasteiger partial charge in [-0.1, -0.05) is 108 Å². The molecule has 0 bridgehead atoms. The molecule has 2 saturated heterocycles. The topological polar surface area (TPSA) is 178 Å². The van der Waals surface area contributed by atoms with Crippen molar-refractivity contribution < 1.29 is 38.5 Å². The molecular weight excluding hydrogens is 863 g/mol. The summed E-state index contributed by atoms with van der Waals surface area (Å²) in [6.45, 7) is 0.171. The number of hydrogen-bond acceptors (Lipinski definition) is 12. The van der Waals surface area contributed by atoms with Crippen molar-refractivity contribution in [3.8, 4) is 17.6 Å². The number of imide groups is 1. The third kappa shape index (κ3) is 7.69. The molecule has 15 heteroatoms. The number of phenols is 1. The maximum absolute atomic E-state index is 16.3. The molecule has 5 aromatic carbocycles. The summed E-state index contributed by atoms with van der Waals surface area (Å²) in [5, 5.41) is 22.3. The summed E-state index contributed by atoms with van der Waals surface area (Å²) in [5.74, 6) is 2.71. The fourth-order valence-corrected chi connectivity index (χ4v) is 10.1. The number of morpholine rings is 1. The van der Waals surface area contributed by atoms with Crippen molar-refractivity contribution in [2.75, 3.05) is 31.8 Å². The van der Waals surface area contributed by atoms with E-state index in [9.17, 15) is 9.90 Å². The summed E-state index contributed by atoms with van der Waals surface area (Å²) in [5.41, 5.74) is 3.02. The van der Waals surface area contributed by atoms with E-state index < -0.39 is 59.4 Å². The zero-order valence-corrected chi connectivity index (χ0v) is 36.8. The van der Waals surface area contributed by atoms with E-state index >= 15 is 14.4 Å². The lowest BCUT2D eigenvalue weighted by atomic mass is 9.65. The number of methoxy groups -OCH3 is 1. The smallest absolute Gasteiger partial charge is 0.421 e. The van der Waals surface area contributed by atoms with E-state index in [1.54, 1.807) is 47.3 Å². The number of anilines is 1. The van der Waals surface area contributed by atoms with Crippen LogP contribution in [0.2, 0.25) is 0 Å². The molecule has 68 heavy (non-hydrogen) atoms. The van der Waals surface area contributed by atoms with Crippen LogP contribution < -0.4 is 10.2 Å². The zero-order valence-electron chi connectivity index (χ0n) is 36.8. The highest BCUT2D eigenvalue weighted by molar-refractivity contribution is 6.23. The Morgan fingerprint density at radius 2 is 1.56 bits per heavy atom. The number of nitrogens with one attached hydrogen (secondary N) is 1. The standard InChI is InChI=1S/C53H45N7O8/c1-66-31-32-67-52(65)59-42-26-21-34(13-12-30-58-43-20-9-8-19-41(43)56-57-58)33-40(42)53(51(59)64)44(49(62)55-29-27-38-18-10-11-28-54-38)46-50(63)68-47(36-16-6-3-7-17-36)45(35-14-4-2-5-15-35)60(46)48(53)37-22-24-39(61)25-23-37/h2-11,14-26,28,33,44-48,61H,27,29-32H2,1H3,(H,55,62)/t44-,45-,46-,47+,48+,53-/m0/s1. The lowest BCUT2D eigenvalue weighted by Gasteiger charge is -2.46. The molecule has 2 N–H and O–H groups in total. The molecule has 0 aliphatic carbocycles. The number of fused-ring (bicyclic) bond motifs is 4. The lowest BCUT2D eigenvalue weighted by molar-refractivity contribution is -0.178. The molecule has 1 spiro atoms. The molecule has 0 saturated carbocycles. The third-order valence-electron chi connectivity index (χ3n) is 12.9. The van der Waals surface area contributed by atoms with Gasteiger partial charge < -0.3 is 24.6 Å². The minimum absolute atomic E-state index is 0.0415. The van der Waals surface area contributed by atoms with Crippen LogP contribution in [0.15, 0.2) is 152 Å². The molecular formula is C53H45N7O8. The highest BCUT2D eigenvalue weighted by Gasteiger charge is 2.75. The minimum atomic E-state index is -2.04. The van der Waals surface area contributed by atoms with Gasteiger partial charge in [-0.25, -0.2) is 14.4 Å². The number of nitrogens with zero attached hydrogens (tertiary/aromatic N) is 6. The van der Waals surface area contributed by atoms with E-state index in [0.29, 0.717) is 28.6 Å². The third-order valence-corrected chi connectivity index (χ3v) is 12.9. The molecule has 3 aliphatic rings. The zero-order chi connectivity index (χ0) is 46.8. The van der Waals surface area contributed by atoms with Gasteiger partial charge in [0.05, 0.1) is 35.8 Å². The highest BCUT2D eigenvalue weighted by atomic mass is 16.6. The van der Waals surface area contributed by atoms with Crippen LogP contribution in [0.5, 0.6) is 5.75 Å². The summed E-state index contributed by atoms with van der Waals surface area (Å²) < 4.78 is 19.1. The van der Waals surface area contributed by atoms with Gasteiger partial charge in [0.1, 0.15) is 42.0 Å². The van der Waals surface area contributed by atoms with Gasteiger partial charge in [0.2, 0.25) is 11.8 Å². The molecule has 3 aliphatic heterocycles. The van der Waals surface area contributed by atoms with Crippen molar-refractivity contribution in [2.24, 2.45) is 5.92 Å². The second kappa shape index (κ2) is 18.6. The lowest BCUT2D eigenvalue weighted by Crippen LogP contribution is -2.56. The number of rotatable bonds is 11. The number of esters is 1. The van der Waals surface area contributed by atoms with Gasteiger partial charge in [-0.15, -0.1) is 5.10 Å². The predicted molar refractivity (Wildman–Crippen MR) is 249 cm³/mol. The molecule has 340 valence electrons. The van der Waals surface area contributed by atoms with Gasteiger partial charge in [0.25, 0.3) is 0 Å². The summed E-state index contributed by atoms with van der Waals surface area (Å²) in [7, 11) is 1.46. The average Bonchev–Trinajstić information content (AvgIpc) is 4.01. The van der Waals surface area contributed by atoms with E-state index in [1.165, 1.54) is 19.2 Å². The van der Waals surface area contributed by atoms with Crippen LogP contribution in [0.1, 0.15) is 51.7 Å². The number of amides is 3. The Bertz CT molecular complexity index is 3070. The van der Waals surface area contributed by atoms with E-state index in [0.717, 1.165) is 21.7 Å². The Balaban J connectivity index is 1.21. The Kier molecular flexibility index (Phi) is 11.9. The number of aromatic nitrogens is 4. The van der Waals surface area contributed by atoms with Crippen molar-refractivity contribution in [1.29, 1.82) is 0 Å². The first-order chi connectivity index (χ1) is 33.3. The highest BCUT2D eigenvalue weighted by Crippen LogP contribution is 2.66. The van der Waals surface area contributed by atoms with E-state index in [-0.39, 0.29) is 43.3 Å². The molecule has 10 rings (SSSR count). The number of pyridine rings is 1. The monoisotopic (exact) mass is 907 g/mol. The van der Waals surface area contributed by atoms with Gasteiger partial charge in [0.15, 0.2) is 0 Å². The first-order valence-corrected chi connectivity index (χ1v) is 22.3. The first-order valence-electron chi connectivity index (χ1n) is 22.3. The number of benzene rings is 5. The molecule has 6 atom stereocenters. The number of cyclic esters (lactones) is 1. The fourth-order valence-electron chi connectivity index (χ4n) is 10.1. The molecule has 2 aromatic heterocycles. The quantitative estimate of drug-likeness (QED) is 0.0832. The molecule has 3 amide bonds. The first kappa shape index (κ1) is 43.7. The number of para-hydroxylation sites is 1. The number of hydrogen-bond donors (Lipinski definition) is 2. The maximum Gasteiger partial charge on any atom is 0.421 e. The number of carbonyl (C=O) groups excluding carboxylic acids is 4. The van der Waals surface area contributed by atoms with Crippen molar-refractivity contribution in [3.05, 3.63) is 185 Å². The van der Waals surface area contributed by atoms with Crippen LogP contribution >= 0.6 is 0 Å². The van der Waals surface area contributed by atoms with Gasteiger partial charge in [-0.3, -0.25) is 24.3 Å². The normalized spacial score (nSPS) is 21.7. The van der Waals surface area contributed by atoms with Crippen LogP contribution in [-0.4, -0.2) is 86.8 Å². The molecule has 2 fully saturated rings. The fraction of sp³-hybridized carbons (Fsp3) is 0.226. The number of aromatic hydroxyl groups is 1.